The SMILES string of the molecule is O=C(c1c2c(nc3ccccc13)/C(=C\c1ccc(Oc3ccccc3)cc1)CCC2)N1CC(S(=O)(=O)Nc2ccccc2)C1. The Bertz CT molecular complexity index is 1970. The number of nitrogens with zero attached hydrogens (tertiary/aromatic N) is 2. The van der Waals surface area contributed by atoms with Gasteiger partial charge in [-0.1, -0.05) is 66.7 Å². The molecule has 0 spiro atoms. The molecule has 7 rings (SSSR count). The normalized spacial score (nSPS) is 15.9. The molecule has 0 atom stereocenters. The summed E-state index contributed by atoms with van der Waals surface area (Å²) in [5.74, 6) is 1.40. The molecule has 2 aliphatic rings. The number of amides is 1. The Hall–Kier alpha value is -4.95. The summed E-state index contributed by atoms with van der Waals surface area (Å²) in [6.07, 6.45) is 4.62. The van der Waals surface area contributed by atoms with Crippen molar-refractivity contribution < 1.29 is 17.9 Å². The monoisotopic (exact) mass is 601 g/mol. The van der Waals surface area contributed by atoms with Crippen molar-refractivity contribution in [2.75, 3.05) is 17.8 Å². The number of hydrogen-bond donors (Lipinski definition) is 1. The van der Waals surface area contributed by atoms with Gasteiger partial charge in [0.15, 0.2) is 0 Å². The first-order chi connectivity index (χ1) is 21.4. The van der Waals surface area contributed by atoms with E-state index < -0.39 is 15.3 Å². The minimum Gasteiger partial charge on any atom is -0.457 e. The summed E-state index contributed by atoms with van der Waals surface area (Å²) >= 11 is 0. The van der Waals surface area contributed by atoms with Crippen LogP contribution in [0.25, 0.3) is 22.6 Å². The second kappa shape index (κ2) is 11.6. The summed E-state index contributed by atoms with van der Waals surface area (Å²) in [4.78, 5) is 20.7. The standard InChI is InChI=1S/C36H31N3O4S/c40-36(39-23-30(24-39)44(41,42)38-27-11-3-1-4-12-27)34-31-15-7-8-17-33(31)37-35-26(10-9-16-32(34)35)22-25-18-20-29(21-19-25)43-28-13-5-2-6-14-28/h1-8,11-15,17-22,30,38H,9-10,16,23-24H2/b26-22-. The van der Waals surface area contributed by atoms with E-state index in [9.17, 15) is 13.2 Å². The minimum atomic E-state index is -3.62. The van der Waals surface area contributed by atoms with Crippen molar-refractivity contribution in [3.8, 4) is 11.5 Å². The van der Waals surface area contributed by atoms with Crippen LogP contribution in [-0.4, -0.2) is 42.5 Å². The summed E-state index contributed by atoms with van der Waals surface area (Å²) in [5.41, 5.74) is 5.79. The summed E-state index contributed by atoms with van der Waals surface area (Å²) in [6, 6.07) is 34.2. The zero-order valence-electron chi connectivity index (χ0n) is 24.0. The zero-order chi connectivity index (χ0) is 30.1. The van der Waals surface area contributed by atoms with Gasteiger partial charge in [-0.2, -0.15) is 0 Å². The number of anilines is 1. The van der Waals surface area contributed by atoms with Crippen LogP contribution < -0.4 is 9.46 Å². The average Bonchev–Trinajstić information content (AvgIpc) is 3.01. The maximum absolute atomic E-state index is 14.0. The highest BCUT2D eigenvalue weighted by Gasteiger charge is 2.41. The van der Waals surface area contributed by atoms with Crippen LogP contribution in [0.3, 0.4) is 0 Å². The van der Waals surface area contributed by atoms with Gasteiger partial charge in [0.1, 0.15) is 16.7 Å². The Labute approximate surface area is 256 Å². The molecule has 0 saturated carbocycles. The zero-order valence-corrected chi connectivity index (χ0v) is 24.8. The van der Waals surface area contributed by atoms with Crippen LogP contribution in [-0.2, 0) is 16.4 Å². The van der Waals surface area contributed by atoms with E-state index in [0.717, 1.165) is 64.1 Å². The highest BCUT2D eigenvalue weighted by Crippen LogP contribution is 2.37. The van der Waals surface area contributed by atoms with Crippen LogP contribution in [0.4, 0.5) is 5.69 Å². The molecule has 0 bridgehead atoms. The molecule has 0 radical (unpaired) electrons. The number of para-hydroxylation sites is 3. The fourth-order valence-electron chi connectivity index (χ4n) is 5.89. The summed E-state index contributed by atoms with van der Waals surface area (Å²) in [7, 11) is -3.62. The van der Waals surface area contributed by atoms with E-state index >= 15 is 0 Å². The lowest BCUT2D eigenvalue weighted by atomic mass is 9.85. The predicted octanol–water partition coefficient (Wildman–Crippen LogP) is 7.17. The van der Waals surface area contributed by atoms with E-state index in [4.69, 9.17) is 9.72 Å². The fraction of sp³-hybridized carbons (Fsp3) is 0.167. The number of nitrogens with one attached hydrogen (secondary N) is 1. The number of hydrogen-bond acceptors (Lipinski definition) is 5. The van der Waals surface area contributed by atoms with Crippen LogP contribution >= 0.6 is 0 Å². The van der Waals surface area contributed by atoms with Gasteiger partial charge in [-0.05, 0) is 84.5 Å². The quantitative estimate of drug-likeness (QED) is 0.214. The molecule has 4 aromatic carbocycles. The molecule has 7 nitrogen and oxygen atoms in total. The van der Waals surface area contributed by atoms with Gasteiger partial charge in [0, 0.05) is 24.2 Å². The molecule has 8 heteroatoms. The van der Waals surface area contributed by atoms with Crippen molar-refractivity contribution in [3.63, 3.8) is 0 Å². The van der Waals surface area contributed by atoms with Crippen LogP contribution in [0.15, 0.2) is 109 Å². The lowest BCUT2D eigenvalue weighted by Gasteiger charge is -2.39. The van der Waals surface area contributed by atoms with Crippen LogP contribution in [0.1, 0.15) is 40.0 Å². The number of carbonyl (C=O) groups is 1. The molecule has 220 valence electrons. The summed E-state index contributed by atoms with van der Waals surface area (Å²) < 4.78 is 34.6. The molecule has 1 aliphatic heterocycles. The highest BCUT2D eigenvalue weighted by atomic mass is 32.2. The van der Waals surface area contributed by atoms with Gasteiger partial charge in [0.2, 0.25) is 10.0 Å². The molecule has 1 aromatic heterocycles. The van der Waals surface area contributed by atoms with Crippen molar-refractivity contribution in [1.29, 1.82) is 0 Å². The van der Waals surface area contributed by atoms with Crippen LogP contribution in [0.2, 0.25) is 0 Å². The van der Waals surface area contributed by atoms with Gasteiger partial charge < -0.3 is 9.64 Å². The Morgan fingerprint density at radius 3 is 2.23 bits per heavy atom. The third-order valence-corrected chi connectivity index (χ3v) is 9.89. The molecule has 1 aliphatic carbocycles. The van der Waals surface area contributed by atoms with E-state index in [1.165, 1.54) is 0 Å². The van der Waals surface area contributed by atoms with Gasteiger partial charge in [-0.25, -0.2) is 13.4 Å². The van der Waals surface area contributed by atoms with Crippen molar-refractivity contribution in [1.82, 2.24) is 9.88 Å². The van der Waals surface area contributed by atoms with Gasteiger partial charge in [-0.3, -0.25) is 9.52 Å². The van der Waals surface area contributed by atoms with E-state index in [2.05, 4.69) is 10.8 Å². The van der Waals surface area contributed by atoms with E-state index in [0.29, 0.717) is 11.3 Å². The fourth-order valence-corrected chi connectivity index (χ4v) is 7.27. The maximum Gasteiger partial charge on any atom is 0.254 e. The summed E-state index contributed by atoms with van der Waals surface area (Å²) in [5, 5.41) is 0.133. The molecule has 1 amide bonds. The number of likely N-dealkylation sites (tertiary alicyclic amines) is 1. The molecule has 1 N–H and O–H groups in total. The minimum absolute atomic E-state index is 0.144. The largest absolute Gasteiger partial charge is 0.457 e. The number of benzene rings is 4. The Balaban J connectivity index is 1.16. The number of fused-ring (bicyclic) bond motifs is 2. The molecule has 1 saturated heterocycles. The number of ether oxygens (including phenoxy) is 1. The van der Waals surface area contributed by atoms with Gasteiger partial charge in [0.05, 0.1) is 16.8 Å². The number of sulfonamides is 1. The molecule has 0 unspecified atom stereocenters. The topological polar surface area (TPSA) is 88.6 Å². The van der Waals surface area contributed by atoms with Gasteiger partial charge in [0.25, 0.3) is 5.91 Å². The van der Waals surface area contributed by atoms with Crippen LogP contribution in [0.5, 0.6) is 11.5 Å². The molecule has 5 aromatic rings. The molecule has 2 heterocycles. The second-order valence-corrected chi connectivity index (χ2v) is 13.1. The van der Waals surface area contributed by atoms with Crippen molar-refractivity contribution in [2.24, 2.45) is 0 Å². The van der Waals surface area contributed by atoms with Crippen molar-refractivity contribution in [2.45, 2.75) is 24.5 Å². The Morgan fingerprint density at radius 1 is 0.818 bits per heavy atom. The average molecular weight is 602 g/mol. The number of rotatable bonds is 7. The first-order valence-electron chi connectivity index (χ1n) is 14.8. The van der Waals surface area contributed by atoms with Gasteiger partial charge in [-0.15, -0.1) is 0 Å². The number of pyridine rings is 1. The molecule has 44 heavy (non-hydrogen) atoms. The van der Waals surface area contributed by atoms with Crippen molar-refractivity contribution in [3.05, 3.63) is 132 Å². The highest BCUT2D eigenvalue weighted by molar-refractivity contribution is 7.93. The first-order valence-corrected chi connectivity index (χ1v) is 16.3. The maximum atomic E-state index is 14.0. The van der Waals surface area contributed by atoms with Crippen LogP contribution in [0, 0.1) is 0 Å². The van der Waals surface area contributed by atoms with Crippen molar-refractivity contribution >= 4 is 44.2 Å². The van der Waals surface area contributed by atoms with E-state index in [1.54, 1.807) is 29.2 Å². The molecule has 1 fully saturated rings. The first kappa shape index (κ1) is 27.9. The lowest BCUT2D eigenvalue weighted by Crippen LogP contribution is -2.58. The third kappa shape index (κ3) is 5.56. The lowest BCUT2D eigenvalue weighted by molar-refractivity contribution is 0.0660. The second-order valence-electron chi connectivity index (χ2n) is 11.2. The summed E-state index contributed by atoms with van der Waals surface area (Å²) in [6.45, 7) is 0.291. The van der Waals surface area contributed by atoms with Gasteiger partial charge >= 0.3 is 0 Å². The number of allylic oxidation sites excluding steroid dienone is 1. The number of carbonyl (C=O) groups excluding carboxylic acids is 1. The van der Waals surface area contributed by atoms with E-state index in [1.807, 2.05) is 84.9 Å². The number of aromatic nitrogens is 1. The molecular formula is C36H31N3O4S. The predicted molar refractivity (Wildman–Crippen MR) is 174 cm³/mol. The van der Waals surface area contributed by atoms with E-state index in [-0.39, 0.29) is 19.0 Å². The smallest absolute Gasteiger partial charge is 0.254 e. The Kier molecular flexibility index (Phi) is 7.36. The third-order valence-electron chi connectivity index (χ3n) is 8.19. The Morgan fingerprint density at radius 2 is 1.48 bits per heavy atom. The molecular weight excluding hydrogens is 570 g/mol.